The number of aromatic nitrogens is 12. The molecule has 0 saturated heterocycles. The molecule has 0 unspecified atom stereocenters. The summed E-state index contributed by atoms with van der Waals surface area (Å²) in [5.74, 6) is 1.17. The van der Waals surface area contributed by atoms with E-state index in [4.69, 9.17) is 47.2 Å². The van der Waals surface area contributed by atoms with Crippen molar-refractivity contribution in [2.45, 2.75) is 0 Å². The largest absolute Gasteiger partial charge is 2.00 e. The van der Waals surface area contributed by atoms with E-state index in [0.717, 1.165) is 67.4 Å². The third-order valence-electron chi connectivity index (χ3n) is 11.1. The first-order valence-corrected chi connectivity index (χ1v) is 26.7. The molecular formula is C60H42Cl2N12O8Ru2. The van der Waals surface area contributed by atoms with E-state index in [1.807, 2.05) is 146 Å². The molecule has 14 rings (SSSR count). The van der Waals surface area contributed by atoms with Gasteiger partial charge in [0.25, 0.3) is 0 Å². The first-order valence-electron chi connectivity index (χ1n) is 24.2. The van der Waals surface area contributed by atoms with Gasteiger partial charge in [-0.25, -0.2) is 37.3 Å². The number of halogens is 2. The van der Waals surface area contributed by atoms with Crippen molar-refractivity contribution in [2.24, 2.45) is 0 Å². The summed E-state index contributed by atoms with van der Waals surface area (Å²) in [4.78, 5) is 51.5. The summed E-state index contributed by atoms with van der Waals surface area (Å²) in [5.41, 5.74) is 9.16. The number of benzene rings is 4. The van der Waals surface area contributed by atoms with Gasteiger partial charge in [0.1, 0.15) is 0 Å². The second-order valence-corrected chi connectivity index (χ2v) is 18.0. The summed E-state index contributed by atoms with van der Waals surface area (Å²) in [6, 6.07) is 63.4. The minimum absolute atomic E-state index is 0. The monoisotopic (exact) mass is 1330 g/mol. The molecule has 0 radical (unpaired) electrons. The molecule has 10 heterocycles. The van der Waals surface area contributed by atoms with E-state index in [-0.39, 0.29) is 39.0 Å². The molecule has 0 spiro atoms. The van der Waals surface area contributed by atoms with Gasteiger partial charge in [-0.05, 0) is 140 Å². The first-order chi connectivity index (χ1) is 39.8. The predicted molar refractivity (Wildman–Crippen MR) is 285 cm³/mol. The van der Waals surface area contributed by atoms with Crippen molar-refractivity contribution in [3.8, 4) is 57.2 Å². The molecule has 0 fully saturated rings. The van der Waals surface area contributed by atoms with Crippen molar-refractivity contribution >= 4 is 43.4 Å². The van der Waals surface area contributed by atoms with Crippen LogP contribution < -0.4 is 47.2 Å². The van der Waals surface area contributed by atoms with Crippen LogP contribution in [0.1, 0.15) is 0 Å². The molecule has 0 aliphatic carbocycles. The van der Waals surface area contributed by atoms with Crippen molar-refractivity contribution in [2.75, 3.05) is 0 Å². The summed E-state index contributed by atoms with van der Waals surface area (Å²) in [6.45, 7) is 0. The zero-order chi connectivity index (χ0) is 57.6. The van der Waals surface area contributed by atoms with Gasteiger partial charge in [-0.1, -0.05) is 121 Å². The van der Waals surface area contributed by atoms with Crippen LogP contribution in [0.25, 0.3) is 101 Å². The van der Waals surface area contributed by atoms with Crippen LogP contribution in [0.3, 0.4) is 0 Å². The normalized spacial score (nSPS) is 10.4. The molecule has 20 nitrogen and oxygen atoms in total. The van der Waals surface area contributed by atoms with Gasteiger partial charge in [0.15, 0.2) is 0 Å². The molecule has 0 N–H and O–H groups in total. The molecule has 0 amide bonds. The van der Waals surface area contributed by atoms with Crippen LogP contribution in [0.4, 0.5) is 0 Å². The van der Waals surface area contributed by atoms with E-state index in [0.29, 0.717) is 11.6 Å². The van der Waals surface area contributed by atoms with Crippen LogP contribution in [0, 0.1) is 20.5 Å². The molecule has 420 valence electrons. The van der Waals surface area contributed by atoms with Gasteiger partial charge < -0.3 is 19.9 Å². The van der Waals surface area contributed by atoms with Crippen molar-refractivity contribution in [3.05, 3.63) is 256 Å². The summed E-state index contributed by atoms with van der Waals surface area (Å²) >= 11 is 0. The molecule has 0 atom stereocenters. The molecule has 4 aromatic carbocycles. The second kappa shape index (κ2) is 32.2. The van der Waals surface area contributed by atoms with Crippen molar-refractivity contribution in [1.82, 2.24) is 59.8 Å². The predicted octanol–water partition coefficient (Wildman–Crippen LogP) is 3.17. The first kappa shape index (κ1) is 64.5. The van der Waals surface area contributed by atoms with Gasteiger partial charge in [-0.3, -0.25) is 39.9 Å². The number of rotatable bonds is 5. The van der Waals surface area contributed by atoms with Crippen LogP contribution in [0.5, 0.6) is 0 Å². The van der Waals surface area contributed by atoms with Gasteiger partial charge in [0.05, 0.1) is 45.6 Å². The van der Waals surface area contributed by atoms with Crippen molar-refractivity contribution < 1.29 is 96.7 Å². The van der Waals surface area contributed by atoms with Crippen molar-refractivity contribution in [1.29, 1.82) is 0 Å². The number of fused-ring (bicyclic) bond motifs is 3. The average molecular weight is 1330 g/mol. The molecular weight excluding hydrogens is 1290 g/mol. The van der Waals surface area contributed by atoms with E-state index in [1.165, 1.54) is 21.5 Å². The van der Waals surface area contributed by atoms with E-state index in [9.17, 15) is 0 Å². The van der Waals surface area contributed by atoms with E-state index in [1.54, 1.807) is 62.0 Å². The summed E-state index contributed by atoms with van der Waals surface area (Å²) < 4.78 is 67.9. The maximum Gasteiger partial charge on any atom is 2.00 e. The third-order valence-corrected chi connectivity index (χ3v) is 11.1. The average Bonchev–Trinajstić information content (AvgIpc) is 1.56. The van der Waals surface area contributed by atoms with Crippen LogP contribution in [-0.2, 0) is 39.0 Å². The molecule has 0 aliphatic heterocycles. The molecule has 0 saturated carbocycles. The Hall–Kier alpha value is -8.69. The van der Waals surface area contributed by atoms with E-state index < -0.39 is 20.5 Å². The zero-order valence-electron chi connectivity index (χ0n) is 43.3. The minimum atomic E-state index is -4.94. The zero-order valence-corrected chi connectivity index (χ0v) is 48.3. The number of pyridine rings is 8. The van der Waals surface area contributed by atoms with Gasteiger partial charge >= 0.3 is 39.0 Å². The van der Waals surface area contributed by atoms with Crippen molar-refractivity contribution in [3.63, 3.8) is 0 Å². The standard InChI is InChI=1S/C20H10N4.4C10H8N2.2ClHO4.2Ru/c1-3-11-7-8-12-4-2-6-14-16(12)15(11)13(5-1)17-18(14)24-20(23-17)19-21-9-10-22-19;4*1-3-7-11-9(5-1)10-6-2-4-8-12-10;2*2-1(3,4)5;;/h1-10H;4*1-8H;2*(H,2,3,4,5);;/q-2;;;;;;;2*+2/p-2. The quantitative estimate of drug-likeness (QED) is 0.176. The van der Waals surface area contributed by atoms with E-state index >= 15 is 0 Å². The topological polar surface area (TPSA) is 342 Å². The summed E-state index contributed by atoms with van der Waals surface area (Å²) in [6.07, 6.45) is 17.5. The Balaban J connectivity index is 0.000000166. The Morgan fingerprint density at radius 1 is 0.286 bits per heavy atom. The molecule has 10 aromatic heterocycles. The number of hydrogen-bond donors (Lipinski definition) is 0. The fraction of sp³-hybridized carbons (Fsp3) is 0. The molecule has 0 bridgehead atoms. The van der Waals surface area contributed by atoms with Gasteiger partial charge in [0.2, 0.25) is 0 Å². The number of nitrogens with zero attached hydrogens (tertiary/aromatic N) is 12. The van der Waals surface area contributed by atoms with E-state index in [2.05, 4.69) is 98.4 Å². The second-order valence-electron chi connectivity index (χ2n) is 16.5. The van der Waals surface area contributed by atoms with Crippen LogP contribution in [-0.4, -0.2) is 49.8 Å². The molecule has 0 aliphatic rings. The Kier molecular flexibility index (Phi) is 24.7. The van der Waals surface area contributed by atoms with Crippen LogP contribution in [0.15, 0.2) is 256 Å². The minimum Gasteiger partial charge on any atom is -0.443 e. The van der Waals surface area contributed by atoms with Gasteiger partial charge in [-0.2, -0.15) is 0 Å². The molecule has 24 heteroatoms. The van der Waals surface area contributed by atoms with Gasteiger partial charge in [0, 0.05) is 49.6 Å². The molecule has 84 heavy (non-hydrogen) atoms. The smallest absolute Gasteiger partial charge is 0.443 e. The van der Waals surface area contributed by atoms with Crippen LogP contribution in [0.2, 0.25) is 0 Å². The van der Waals surface area contributed by atoms with Crippen LogP contribution >= 0.6 is 0 Å². The Labute approximate surface area is 509 Å². The SMILES string of the molecule is [O-][Cl+3]([O-])([O-])[O-].[O-][Cl+3]([O-])([O-])[O-].[Ru+2].[Ru+2].c1cc2ccc3cccc4c5[n-]c(-c6ncc[n-]6)nc5c(c1)c2c34.c1ccc(-c2ccccn2)nc1.c1ccc(-c2ccccn2)nc1.c1ccc(-c2ccccn2)nc1.c1ccc(-c2ccccn2)nc1. The number of hydrogen-bond acceptors (Lipinski definition) is 18. The summed E-state index contributed by atoms with van der Waals surface area (Å²) in [5, 5.41) is 7.24. The Morgan fingerprint density at radius 3 is 0.833 bits per heavy atom. The Morgan fingerprint density at radius 2 is 0.571 bits per heavy atom. The third kappa shape index (κ3) is 19.7. The molecule has 14 aromatic rings. The maximum atomic E-state index is 8.49. The summed E-state index contributed by atoms with van der Waals surface area (Å²) in [7, 11) is -9.89. The maximum absolute atomic E-state index is 8.49. The van der Waals surface area contributed by atoms with Gasteiger partial charge in [-0.15, -0.1) is 20.5 Å². The number of imidazole rings is 2. The fourth-order valence-corrected chi connectivity index (χ4v) is 7.84. The Bertz CT molecular complexity index is 3530. The fourth-order valence-electron chi connectivity index (χ4n) is 7.84.